The highest BCUT2D eigenvalue weighted by atomic mass is 32.1. The van der Waals surface area contributed by atoms with Gasteiger partial charge in [-0.15, -0.1) is 11.3 Å². The SMILES string of the molecule is CCCc1ncc(CN(CC)c2nc(OC)ccc2[N+](=O)[O-])s1. The van der Waals surface area contributed by atoms with Crippen LogP contribution in [0.4, 0.5) is 11.5 Å². The Bertz CT molecular complexity index is 674. The van der Waals surface area contributed by atoms with Crippen molar-refractivity contribution < 1.29 is 9.66 Å². The molecule has 0 radical (unpaired) electrons. The topological polar surface area (TPSA) is 81.4 Å². The van der Waals surface area contributed by atoms with E-state index in [1.165, 1.54) is 19.2 Å². The number of nitro groups is 1. The van der Waals surface area contributed by atoms with Crippen molar-refractivity contribution in [2.24, 2.45) is 0 Å². The highest BCUT2D eigenvalue weighted by molar-refractivity contribution is 7.11. The van der Waals surface area contributed by atoms with Crippen molar-refractivity contribution in [3.63, 3.8) is 0 Å². The molecule has 0 aliphatic carbocycles. The third-order valence-corrected chi connectivity index (χ3v) is 4.37. The van der Waals surface area contributed by atoms with Gasteiger partial charge in [-0.05, 0) is 19.8 Å². The molecule has 0 saturated heterocycles. The number of aryl methyl sites for hydroxylation is 1. The fraction of sp³-hybridized carbons (Fsp3) is 0.467. The third kappa shape index (κ3) is 4.16. The maximum Gasteiger partial charge on any atom is 0.311 e. The van der Waals surface area contributed by atoms with E-state index < -0.39 is 4.92 Å². The molecule has 2 heterocycles. The number of ether oxygens (including phenoxy) is 1. The maximum atomic E-state index is 11.3. The van der Waals surface area contributed by atoms with Crippen LogP contribution in [0.1, 0.15) is 30.2 Å². The molecule has 0 bridgehead atoms. The summed E-state index contributed by atoms with van der Waals surface area (Å²) in [5, 5.41) is 12.4. The van der Waals surface area contributed by atoms with Crippen molar-refractivity contribution in [2.75, 3.05) is 18.6 Å². The lowest BCUT2D eigenvalue weighted by Crippen LogP contribution is -2.23. The van der Waals surface area contributed by atoms with Crippen molar-refractivity contribution in [3.05, 3.63) is 38.3 Å². The van der Waals surface area contributed by atoms with Crippen molar-refractivity contribution in [3.8, 4) is 5.88 Å². The van der Waals surface area contributed by atoms with Crippen molar-refractivity contribution in [2.45, 2.75) is 33.2 Å². The minimum atomic E-state index is -0.417. The van der Waals surface area contributed by atoms with E-state index in [-0.39, 0.29) is 5.69 Å². The first kappa shape index (κ1) is 17.1. The van der Waals surface area contributed by atoms with E-state index in [4.69, 9.17) is 4.74 Å². The molecule has 2 aromatic heterocycles. The van der Waals surface area contributed by atoms with Gasteiger partial charge in [-0.25, -0.2) is 4.98 Å². The van der Waals surface area contributed by atoms with Gasteiger partial charge in [0, 0.05) is 29.8 Å². The standard InChI is InChI=1S/C15H20N4O3S/c1-4-6-14-16-9-11(23-14)10-18(5-2)15-12(19(20)21)7-8-13(17-15)22-3/h7-9H,4-6,10H2,1-3H3. The summed E-state index contributed by atoms with van der Waals surface area (Å²) in [6, 6.07) is 2.93. The van der Waals surface area contributed by atoms with Gasteiger partial charge in [0.15, 0.2) is 0 Å². The van der Waals surface area contributed by atoms with Crippen LogP contribution in [0.15, 0.2) is 18.3 Å². The zero-order valence-electron chi connectivity index (χ0n) is 13.5. The van der Waals surface area contributed by atoms with Gasteiger partial charge in [0.1, 0.15) is 0 Å². The highest BCUT2D eigenvalue weighted by Gasteiger charge is 2.22. The number of pyridine rings is 1. The molecule has 0 aliphatic heterocycles. The van der Waals surface area contributed by atoms with Crippen molar-refractivity contribution >= 4 is 22.8 Å². The lowest BCUT2D eigenvalue weighted by Gasteiger charge is -2.21. The number of nitrogens with zero attached hydrogens (tertiary/aromatic N) is 4. The number of methoxy groups -OCH3 is 1. The minimum Gasteiger partial charge on any atom is -0.481 e. The van der Waals surface area contributed by atoms with Gasteiger partial charge in [0.05, 0.1) is 23.6 Å². The maximum absolute atomic E-state index is 11.3. The van der Waals surface area contributed by atoms with Crippen molar-refractivity contribution in [1.82, 2.24) is 9.97 Å². The van der Waals surface area contributed by atoms with Crippen molar-refractivity contribution in [1.29, 1.82) is 0 Å². The van der Waals surface area contributed by atoms with Gasteiger partial charge in [-0.2, -0.15) is 4.98 Å². The lowest BCUT2D eigenvalue weighted by molar-refractivity contribution is -0.384. The molecule has 124 valence electrons. The molecule has 0 aromatic carbocycles. The molecule has 0 amide bonds. The average molecular weight is 336 g/mol. The first-order chi connectivity index (χ1) is 11.1. The van der Waals surface area contributed by atoms with E-state index >= 15 is 0 Å². The summed E-state index contributed by atoms with van der Waals surface area (Å²) in [6.45, 7) is 5.20. The molecular weight excluding hydrogens is 316 g/mol. The van der Waals surface area contributed by atoms with Crippen LogP contribution in [0.3, 0.4) is 0 Å². The number of rotatable bonds is 8. The number of thiazole rings is 1. The molecule has 0 fully saturated rings. The first-order valence-electron chi connectivity index (χ1n) is 7.47. The average Bonchev–Trinajstić information content (AvgIpc) is 2.99. The Kier molecular flexibility index (Phi) is 5.86. The smallest absolute Gasteiger partial charge is 0.311 e. The van der Waals surface area contributed by atoms with Crippen LogP contribution in [0.5, 0.6) is 5.88 Å². The van der Waals surface area contributed by atoms with Gasteiger partial charge < -0.3 is 9.64 Å². The summed E-state index contributed by atoms with van der Waals surface area (Å²) in [4.78, 5) is 22.4. The van der Waals surface area contributed by atoms with Crippen LogP contribution < -0.4 is 9.64 Å². The second-order valence-electron chi connectivity index (χ2n) is 4.94. The van der Waals surface area contributed by atoms with Gasteiger partial charge in [0.2, 0.25) is 11.7 Å². The fourth-order valence-electron chi connectivity index (χ4n) is 2.19. The van der Waals surface area contributed by atoms with Crippen LogP contribution in [0, 0.1) is 10.1 Å². The molecule has 2 rings (SSSR count). The Morgan fingerprint density at radius 2 is 2.17 bits per heavy atom. The fourth-order valence-corrected chi connectivity index (χ4v) is 3.23. The molecule has 0 aliphatic rings. The number of hydrogen-bond acceptors (Lipinski definition) is 7. The zero-order chi connectivity index (χ0) is 16.8. The van der Waals surface area contributed by atoms with E-state index in [9.17, 15) is 10.1 Å². The molecule has 0 atom stereocenters. The predicted octanol–water partition coefficient (Wildman–Crippen LogP) is 3.43. The van der Waals surface area contributed by atoms with Crippen LogP contribution in [-0.4, -0.2) is 28.5 Å². The normalized spacial score (nSPS) is 10.6. The monoisotopic (exact) mass is 336 g/mol. The van der Waals surface area contributed by atoms with E-state index in [2.05, 4.69) is 16.9 Å². The van der Waals surface area contributed by atoms with E-state index in [1.807, 2.05) is 18.0 Å². The summed E-state index contributed by atoms with van der Waals surface area (Å²) in [7, 11) is 1.49. The highest BCUT2D eigenvalue weighted by Crippen LogP contribution is 2.30. The second-order valence-corrected chi connectivity index (χ2v) is 6.14. The Balaban J connectivity index is 2.30. The number of aromatic nitrogens is 2. The van der Waals surface area contributed by atoms with Crippen LogP contribution in [0.2, 0.25) is 0 Å². The van der Waals surface area contributed by atoms with Crippen LogP contribution >= 0.6 is 11.3 Å². The van der Waals surface area contributed by atoms with Gasteiger partial charge in [-0.3, -0.25) is 10.1 Å². The quantitative estimate of drug-likeness (QED) is 0.542. The molecule has 0 unspecified atom stereocenters. The summed E-state index contributed by atoms with van der Waals surface area (Å²) < 4.78 is 5.10. The summed E-state index contributed by atoms with van der Waals surface area (Å²) in [6.07, 6.45) is 3.84. The second kappa shape index (κ2) is 7.87. The van der Waals surface area contributed by atoms with E-state index in [0.717, 1.165) is 22.7 Å². The van der Waals surface area contributed by atoms with Gasteiger partial charge in [0.25, 0.3) is 0 Å². The minimum absolute atomic E-state index is 0.0223. The molecular formula is C15H20N4O3S. The molecule has 23 heavy (non-hydrogen) atoms. The Morgan fingerprint density at radius 1 is 1.39 bits per heavy atom. The number of hydrogen-bond donors (Lipinski definition) is 0. The predicted molar refractivity (Wildman–Crippen MR) is 90.3 cm³/mol. The first-order valence-corrected chi connectivity index (χ1v) is 8.28. The molecule has 0 spiro atoms. The summed E-state index contributed by atoms with van der Waals surface area (Å²) in [5.74, 6) is 0.683. The van der Waals surface area contributed by atoms with E-state index in [0.29, 0.717) is 24.8 Å². The Labute approximate surface area is 139 Å². The summed E-state index contributed by atoms with van der Waals surface area (Å²) in [5.41, 5.74) is -0.0223. The molecule has 7 nitrogen and oxygen atoms in total. The molecule has 0 saturated carbocycles. The lowest BCUT2D eigenvalue weighted by atomic mass is 10.3. The molecule has 8 heteroatoms. The van der Waals surface area contributed by atoms with Crippen LogP contribution in [0.25, 0.3) is 0 Å². The Hall–Kier alpha value is -2.22. The summed E-state index contributed by atoms with van der Waals surface area (Å²) >= 11 is 1.64. The van der Waals surface area contributed by atoms with Crippen LogP contribution in [-0.2, 0) is 13.0 Å². The van der Waals surface area contributed by atoms with Gasteiger partial charge >= 0.3 is 5.69 Å². The number of anilines is 1. The third-order valence-electron chi connectivity index (χ3n) is 3.33. The molecule has 0 N–H and O–H groups in total. The zero-order valence-corrected chi connectivity index (χ0v) is 14.3. The van der Waals surface area contributed by atoms with E-state index in [1.54, 1.807) is 11.3 Å². The largest absolute Gasteiger partial charge is 0.481 e. The molecule has 2 aromatic rings. The van der Waals surface area contributed by atoms with Gasteiger partial charge in [-0.1, -0.05) is 6.92 Å². The Morgan fingerprint density at radius 3 is 2.78 bits per heavy atom.